The lowest BCUT2D eigenvalue weighted by molar-refractivity contribution is 0.0528. The Balaban J connectivity index is 2.19. The van der Waals surface area contributed by atoms with Crippen LogP contribution < -0.4 is 5.32 Å². The molecule has 0 aliphatic heterocycles. The molecule has 0 aliphatic carbocycles. The van der Waals surface area contributed by atoms with Crippen LogP contribution in [0.1, 0.15) is 17.3 Å². The third-order valence-electron chi connectivity index (χ3n) is 2.65. The van der Waals surface area contributed by atoms with Gasteiger partial charge in [0, 0.05) is 13.7 Å². The Bertz CT molecular complexity index is 565. The van der Waals surface area contributed by atoms with E-state index < -0.39 is 0 Å². The maximum atomic E-state index is 11.7. The van der Waals surface area contributed by atoms with Gasteiger partial charge in [-0.1, -0.05) is 0 Å². The van der Waals surface area contributed by atoms with Crippen LogP contribution >= 0.6 is 0 Å². The van der Waals surface area contributed by atoms with E-state index in [9.17, 15) is 4.79 Å². The molecule has 19 heavy (non-hydrogen) atoms. The molecule has 0 bridgehead atoms. The van der Waals surface area contributed by atoms with E-state index in [1.165, 1.54) is 6.20 Å². The van der Waals surface area contributed by atoms with Gasteiger partial charge in [-0.2, -0.15) is 5.10 Å². The van der Waals surface area contributed by atoms with E-state index in [4.69, 9.17) is 9.47 Å². The standard InChI is InChI=1S/C13H17N3O3/c1-3-19-13(17)11-8-15-16-9-10(4-5-12(11)16)14-6-7-18-2/h4-5,8-9,14H,3,6-7H2,1-2H3. The monoisotopic (exact) mass is 263 g/mol. The van der Waals surface area contributed by atoms with Crippen LogP contribution in [0, 0.1) is 0 Å². The van der Waals surface area contributed by atoms with Gasteiger partial charge in [0.25, 0.3) is 0 Å². The number of rotatable bonds is 6. The van der Waals surface area contributed by atoms with E-state index in [0.717, 1.165) is 11.2 Å². The lowest BCUT2D eigenvalue weighted by Gasteiger charge is -2.06. The molecule has 2 aromatic heterocycles. The number of fused-ring (bicyclic) bond motifs is 1. The van der Waals surface area contributed by atoms with Crippen molar-refractivity contribution in [3.63, 3.8) is 0 Å². The second-order valence-corrected chi connectivity index (χ2v) is 3.95. The molecular formula is C13H17N3O3. The summed E-state index contributed by atoms with van der Waals surface area (Å²) in [4.78, 5) is 11.7. The summed E-state index contributed by atoms with van der Waals surface area (Å²) in [7, 11) is 1.66. The van der Waals surface area contributed by atoms with Gasteiger partial charge in [-0.3, -0.25) is 0 Å². The maximum Gasteiger partial charge on any atom is 0.341 e. The topological polar surface area (TPSA) is 64.9 Å². The van der Waals surface area contributed by atoms with Gasteiger partial charge in [-0.05, 0) is 19.1 Å². The van der Waals surface area contributed by atoms with E-state index in [0.29, 0.717) is 25.3 Å². The van der Waals surface area contributed by atoms with E-state index >= 15 is 0 Å². The zero-order chi connectivity index (χ0) is 13.7. The lowest BCUT2D eigenvalue weighted by Crippen LogP contribution is -2.08. The van der Waals surface area contributed by atoms with E-state index in [2.05, 4.69) is 10.4 Å². The summed E-state index contributed by atoms with van der Waals surface area (Å²) in [5.41, 5.74) is 2.13. The van der Waals surface area contributed by atoms with Crippen LogP contribution in [-0.2, 0) is 9.47 Å². The Labute approximate surface area is 111 Å². The van der Waals surface area contributed by atoms with Crippen LogP contribution in [0.4, 0.5) is 5.69 Å². The minimum Gasteiger partial charge on any atom is -0.462 e. The summed E-state index contributed by atoms with van der Waals surface area (Å²) >= 11 is 0. The molecule has 2 aromatic rings. The Morgan fingerprint density at radius 2 is 2.32 bits per heavy atom. The average molecular weight is 263 g/mol. The first-order valence-electron chi connectivity index (χ1n) is 6.13. The first-order chi connectivity index (χ1) is 9.26. The fourth-order valence-corrected chi connectivity index (χ4v) is 1.75. The molecule has 0 amide bonds. The minimum absolute atomic E-state index is 0.349. The second kappa shape index (κ2) is 6.19. The van der Waals surface area contributed by atoms with Crippen molar-refractivity contribution in [1.82, 2.24) is 9.61 Å². The van der Waals surface area contributed by atoms with Crippen molar-refractivity contribution in [3.05, 3.63) is 30.1 Å². The quantitative estimate of drug-likeness (QED) is 0.633. The summed E-state index contributed by atoms with van der Waals surface area (Å²) in [6.45, 7) is 3.48. The Hall–Kier alpha value is -2.08. The van der Waals surface area contributed by atoms with Crippen molar-refractivity contribution < 1.29 is 14.3 Å². The molecular weight excluding hydrogens is 246 g/mol. The molecule has 6 nitrogen and oxygen atoms in total. The summed E-state index contributed by atoms with van der Waals surface area (Å²) in [5, 5.41) is 7.35. The summed E-state index contributed by atoms with van der Waals surface area (Å²) < 4.78 is 11.6. The predicted octanol–water partition coefficient (Wildman–Crippen LogP) is 1.57. The van der Waals surface area contributed by atoms with Gasteiger partial charge in [0.15, 0.2) is 0 Å². The van der Waals surface area contributed by atoms with Crippen molar-refractivity contribution >= 4 is 17.2 Å². The number of methoxy groups -OCH3 is 1. The first-order valence-corrected chi connectivity index (χ1v) is 6.13. The number of pyridine rings is 1. The molecule has 6 heteroatoms. The normalized spacial score (nSPS) is 10.6. The zero-order valence-electron chi connectivity index (χ0n) is 11.0. The number of hydrogen-bond acceptors (Lipinski definition) is 5. The van der Waals surface area contributed by atoms with Crippen LogP contribution in [-0.4, -0.2) is 42.5 Å². The highest BCUT2D eigenvalue weighted by Gasteiger charge is 2.13. The average Bonchev–Trinajstić information content (AvgIpc) is 2.82. The van der Waals surface area contributed by atoms with Crippen LogP contribution in [0.15, 0.2) is 24.5 Å². The van der Waals surface area contributed by atoms with E-state index in [1.807, 2.05) is 18.3 Å². The van der Waals surface area contributed by atoms with E-state index in [1.54, 1.807) is 18.5 Å². The highest BCUT2D eigenvalue weighted by atomic mass is 16.5. The molecule has 102 valence electrons. The molecule has 0 aliphatic rings. The largest absolute Gasteiger partial charge is 0.462 e. The number of hydrogen-bond donors (Lipinski definition) is 1. The zero-order valence-corrected chi connectivity index (χ0v) is 11.0. The number of ether oxygens (including phenoxy) is 2. The number of anilines is 1. The Morgan fingerprint density at radius 3 is 3.05 bits per heavy atom. The van der Waals surface area contributed by atoms with Crippen LogP contribution in [0.2, 0.25) is 0 Å². The number of nitrogens with one attached hydrogen (secondary N) is 1. The predicted molar refractivity (Wildman–Crippen MR) is 71.5 cm³/mol. The van der Waals surface area contributed by atoms with Gasteiger partial charge >= 0.3 is 5.97 Å². The van der Waals surface area contributed by atoms with Crippen LogP contribution in [0.25, 0.3) is 5.52 Å². The van der Waals surface area contributed by atoms with Gasteiger partial charge in [0.2, 0.25) is 0 Å². The number of carbonyl (C=O) groups excluding carboxylic acids is 1. The van der Waals surface area contributed by atoms with Crippen molar-refractivity contribution in [3.8, 4) is 0 Å². The Morgan fingerprint density at radius 1 is 1.47 bits per heavy atom. The van der Waals surface area contributed by atoms with Crippen LogP contribution in [0.5, 0.6) is 0 Å². The number of carbonyl (C=O) groups is 1. The second-order valence-electron chi connectivity index (χ2n) is 3.95. The van der Waals surface area contributed by atoms with Crippen molar-refractivity contribution in [2.24, 2.45) is 0 Å². The Kier molecular flexibility index (Phi) is 4.35. The summed E-state index contributed by atoms with van der Waals surface area (Å²) in [5.74, 6) is -0.349. The van der Waals surface area contributed by atoms with Gasteiger partial charge in [-0.15, -0.1) is 0 Å². The third kappa shape index (κ3) is 3.03. The van der Waals surface area contributed by atoms with Crippen molar-refractivity contribution in [2.45, 2.75) is 6.92 Å². The third-order valence-corrected chi connectivity index (χ3v) is 2.65. The van der Waals surface area contributed by atoms with Gasteiger partial charge in [-0.25, -0.2) is 9.31 Å². The minimum atomic E-state index is -0.349. The highest BCUT2D eigenvalue weighted by Crippen LogP contribution is 2.15. The smallest absolute Gasteiger partial charge is 0.341 e. The molecule has 0 atom stereocenters. The van der Waals surface area contributed by atoms with E-state index in [-0.39, 0.29) is 5.97 Å². The number of aromatic nitrogens is 2. The molecule has 1 N–H and O–H groups in total. The van der Waals surface area contributed by atoms with Gasteiger partial charge in [0.05, 0.1) is 36.8 Å². The van der Waals surface area contributed by atoms with Crippen LogP contribution in [0.3, 0.4) is 0 Å². The maximum absolute atomic E-state index is 11.7. The molecule has 0 fully saturated rings. The molecule has 2 heterocycles. The number of esters is 1. The molecule has 0 saturated carbocycles. The molecule has 0 unspecified atom stereocenters. The molecule has 0 spiro atoms. The fraction of sp³-hybridized carbons (Fsp3) is 0.385. The number of nitrogens with zero attached hydrogens (tertiary/aromatic N) is 2. The lowest BCUT2D eigenvalue weighted by atomic mass is 10.2. The fourth-order valence-electron chi connectivity index (χ4n) is 1.75. The molecule has 0 radical (unpaired) electrons. The SMILES string of the molecule is CCOC(=O)c1cnn2cc(NCCOC)ccc12. The van der Waals surface area contributed by atoms with Gasteiger partial charge in [0.1, 0.15) is 5.56 Å². The first kappa shape index (κ1) is 13.4. The summed E-state index contributed by atoms with van der Waals surface area (Å²) in [6, 6.07) is 3.74. The molecule has 0 saturated heterocycles. The van der Waals surface area contributed by atoms with Gasteiger partial charge < -0.3 is 14.8 Å². The van der Waals surface area contributed by atoms with Crippen molar-refractivity contribution in [2.75, 3.05) is 32.2 Å². The summed E-state index contributed by atoms with van der Waals surface area (Å²) in [6.07, 6.45) is 3.35. The molecule has 2 rings (SSSR count). The highest BCUT2D eigenvalue weighted by molar-refractivity contribution is 5.96. The molecule has 0 aromatic carbocycles. The van der Waals surface area contributed by atoms with Crippen molar-refractivity contribution in [1.29, 1.82) is 0 Å².